The zero-order valence-electron chi connectivity index (χ0n) is 10.7. The Balaban J connectivity index is 2.04. The van der Waals surface area contributed by atoms with Crippen LogP contribution < -0.4 is 5.32 Å². The van der Waals surface area contributed by atoms with Crippen molar-refractivity contribution < 1.29 is 4.39 Å². The topological polar surface area (TPSA) is 24.4 Å². The predicted octanol–water partition coefficient (Wildman–Crippen LogP) is 5.06. The molecule has 0 saturated heterocycles. The SMILES string of the molecule is CC(C)CC1CN=C(Nc2c(Cl)cc(F)cc2Cl)S1. The van der Waals surface area contributed by atoms with Crippen molar-refractivity contribution in [3.63, 3.8) is 0 Å². The highest BCUT2D eigenvalue weighted by Gasteiger charge is 2.22. The van der Waals surface area contributed by atoms with Gasteiger partial charge in [0.25, 0.3) is 0 Å². The lowest BCUT2D eigenvalue weighted by molar-refractivity contribution is 0.575. The van der Waals surface area contributed by atoms with Crippen LogP contribution in [0.5, 0.6) is 0 Å². The molecule has 0 amide bonds. The fraction of sp³-hybridized carbons (Fsp3) is 0.462. The van der Waals surface area contributed by atoms with Crippen LogP contribution in [0, 0.1) is 11.7 Å². The molecule has 1 aliphatic heterocycles. The van der Waals surface area contributed by atoms with E-state index in [1.807, 2.05) is 0 Å². The van der Waals surface area contributed by atoms with Crippen molar-refractivity contribution in [3.8, 4) is 0 Å². The van der Waals surface area contributed by atoms with E-state index in [4.69, 9.17) is 23.2 Å². The average molecular weight is 321 g/mol. The maximum atomic E-state index is 13.1. The fourth-order valence-corrected chi connectivity index (χ4v) is 3.71. The number of anilines is 1. The molecular weight excluding hydrogens is 306 g/mol. The second-order valence-corrected chi connectivity index (χ2v) is 6.99. The molecule has 0 radical (unpaired) electrons. The predicted molar refractivity (Wildman–Crippen MR) is 83.2 cm³/mol. The maximum absolute atomic E-state index is 13.1. The first-order valence-corrected chi connectivity index (χ1v) is 7.72. The highest BCUT2D eigenvalue weighted by atomic mass is 35.5. The van der Waals surface area contributed by atoms with E-state index in [0.29, 0.717) is 16.9 Å². The zero-order chi connectivity index (χ0) is 14.0. The molecule has 2 rings (SSSR count). The number of nitrogens with zero attached hydrogens (tertiary/aromatic N) is 1. The van der Waals surface area contributed by atoms with Crippen LogP contribution >= 0.6 is 35.0 Å². The van der Waals surface area contributed by atoms with E-state index >= 15 is 0 Å². The third kappa shape index (κ3) is 4.01. The van der Waals surface area contributed by atoms with Crippen LogP contribution in [-0.2, 0) is 0 Å². The fourth-order valence-electron chi connectivity index (χ4n) is 1.90. The summed E-state index contributed by atoms with van der Waals surface area (Å²) in [6.07, 6.45) is 1.12. The van der Waals surface area contributed by atoms with Gasteiger partial charge in [-0.05, 0) is 24.5 Å². The lowest BCUT2D eigenvalue weighted by Gasteiger charge is -2.12. The van der Waals surface area contributed by atoms with Crippen molar-refractivity contribution in [1.82, 2.24) is 0 Å². The molecule has 6 heteroatoms. The highest BCUT2D eigenvalue weighted by Crippen LogP contribution is 2.34. The van der Waals surface area contributed by atoms with E-state index in [1.165, 1.54) is 12.1 Å². The van der Waals surface area contributed by atoms with Gasteiger partial charge in [0.1, 0.15) is 5.82 Å². The van der Waals surface area contributed by atoms with E-state index in [2.05, 4.69) is 24.2 Å². The number of thioether (sulfide) groups is 1. The van der Waals surface area contributed by atoms with Crippen molar-refractivity contribution in [2.45, 2.75) is 25.5 Å². The molecule has 1 aromatic carbocycles. The number of rotatable bonds is 3. The van der Waals surface area contributed by atoms with Gasteiger partial charge in [-0.2, -0.15) is 0 Å². The molecular formula is C13H15Cl2FN2S. The lowest BCUT2D eigenvalue weighted by atomic mass is 10.1. The number of nitrogens with one attached hydrogen (secondary N) is 1. The molecule has 1 atom stereocenters. The van der Waals surface area contributed by atoms with Crippen molar-refractivity contribution in [2.24, 2.45) is 10.9 Å². The Morgan fingerprint density at radius 2 is 2.05 bits per heavy atom. The van der Waals surface area contributed by atoms with Crippen LogP contribution in [0.25, 0.3) is 0 Å². The van der Waals surface area contributed by atoms with E-state index in [0.717, 1.165) is 18.1 Å². The minimum atomic E-state index is -0.445. The summed E-state index contributed by atoms with van der Waals surface area (Å²) in [6, 6.07) is 2.48. The van der Waals surface area contributed by atoms with Gasteiger partial charge >= 0.3 is 0 Å². The van der Waals surface area contributed by atoms with Crippen molar-refractivity contribution >= 4 is 45.8 Å². The minimum absolute atomic E-state index is 0.264. The van der Waals surface area contributed by atoms with Crippen LogP contribution in [0.1, 0.15) is 20.3 Å². The first-order valence-electron chi connectivity index (χ1n) is 6.08. The van der Waals surface area contributed by atoms with E-state index in [9.17, 15) is 4.39 Å². The van der Waals surface area contributed by atoms with E-state index in [-0.39, 0.29) is 10.0 Å². The lowest BCUT2D eigenvalue weighted by Crippen LogP contribution is -2.10. The standard InChI is InChI=1S/C13H15Cl2FN2S/c1-7(2)3-9-6-17-13(19-9)18-12-10(14)4-8(16)5-11(12)15/h4-5,7,9H,3,6H2,1-2H3,(H,17,18). The Morgan fingerprint density at radius 1 is 1.42 bits per heavy atom. The summed E-state index contributed by atoms with van der Waals surface area (Å²) in [6.45, 7) is 5.18. The molecule has 104 valence electrons. The summed E-state index contributed by atoms with van der Waals surface area (Å²) in [5, 5.41) is 4.90. The van der Waals surface area contributed by atoms with Gasteiger partial charge in [0.2, 0.25) is 0 Å². The normalized spacial score (nSPS) is 18.8. The Bertz CT molecular complexity index is 482. The van der Waals surface area contributed by atoms with Crippen LogP contribution in [0.15, 0.2) is 17.1 Å². The molecule has 1 aliphatic rings. The molecule has 0 spiro atoms. The summed E-state index contributed by atoms with van der Waals surface area (Å²) in [5.41, 5.74) is 0.515. The average Bonchev–Trinajstić information content (AvgIpc) is 2.70. The number of halogens is 3. The first kappa shape index (κ1) is 14.9. The molecule has 0 aliphatic carbocycles. The molecule has 1 N–H and O–H groups in total. The number of hydrogen-bond donors (Lipinski definition) is 1. The number of hydrogen-bond acceptors (Lipinski definition) is 3. The molecule has 1 heterocycles. The van der Waals surface area contributed by atoms with Gasteiger partial charge in [-0.15, -0.1) is 0 Å². The summed E-state index contributed by atoms with van der Waals surface area (Å²) in [4.78, 5) is 4.43. The third-order valence-electron chi connectivity index (χ3n) is 2.69. The van der Waals surface area contributed by atoms with Gasteiger partial charge in [0.15, 0.2) is 5.17 Å². The number of amidine groups is 1. The van der Waals surface area contributed by atoms with Crippen LogP contribution in [0.4, 0.5) is 10.1 Å². The second kappa shape index (κ2) is 6.33. The summed E-state index contributed by atoms with van der Waals surface area (Å²) in [5.74, 6) is 0.198. The van der Waals surface area contributed by atoms with Crippen LogP contribution in [0.2, 0.25) is 10.0 Å². The molecule has 0 saturated carbocycles. The van der Waals surface area contributed by atoms with Gasteiger partial charge in [0.05, 0.1) is 22.3 Å². The minimum Gasteiger partial charge on any atom is -0.333 e. The Hall–Kier alpha value is -0.450. The van der Waals surface area contributed by atoms with Crippen molar-refractivity contribution in [1.29, 1.82) is 0 Å². The third-order valence-corrected chi connectivity index (χ3v) is 4.42. The molecule has 2 nitrogen and oxygen atoms in total. The molecule has 1 unspecified atom stereocenters. The smallest absolute Gasteiger partial charge is 0.161 e. The zero-order valence-corrected chi connectivity index (χ0v) is 13.0. The van der Waals surface area contributed by atoms with E-state index < -0.39 is 5.82 Å². The first-order chi connectivity index (χ1) is 8.95. The molecule has 0 fully saturated rings. The summed E-state index contributed by atoms with van der Waals surface area (Å²) >= 11 is 13.6. The Labute approximate surface area is 126 Å². The van der Waals surface area contributed by atoms with Crippen molar-refractivity contribution in [3.05, 3.63) is 28.0 Å². The Morgan fingerprint density at radius 3 is 2.63 bits per heavy atom. The molecule has 0 bridgehead atoms. The second-order valence-electron chi connectivity index (χ2n) is 4.88. The molecule has 19 heavy (non-hydrogen) atoms. The highest BCUT2D eigenvalue weighted by molar-refractivity contribution is 8.15. The van der Waals surface area contributed by atoms with Gasteiger partial charge in [-0.1, -0.05) is 48.8 Å². The quantitative estimate of drug-likeness (QED) is 0.841. The van der Waals surface area contributed by atoms with E-state index in [1.54, 1.807) is 11.8 Å². The van der Waals surface area contributed by atoms with Gasteiger partial charge in [0, 0.05) is 5.25 Å². The Kier molecular flexibility index (Phi) is 4.98. The van der Waals surface area contributed by atoms with Crippen LogP contribution in [0.3, 0.4) is 0 Å². The monoisotopic (exact) mass is 320 g/mol. The molecule has 1 aromatic rings. The number of aliphatic imine (C=N–C) groups is 1. The van der Waals surface area contributed by atoms with Crippen LogP contribution in [-0.4, -0.2) is 17.0 Å². The van der Waals surface area contributed by atoms with Gasteiger partial charge < -0.3 is 5.32 Å². The molecule has 0 aromatic heterocycles. The summed E-state index contributed by atoms with van der Waals surface area (Å²) in [7, 11) is 0. The van der Waals surface area contributed by atoms with Gasteiger partial charge in [-0.3, -0.25) is 4.99 Å². The number of benzene rings is 1. The van der Waals surface area contributed by atoms with Crippen molar-refractivity contribution in [2.75, 3.05) is 11.9 Å². The summed E-state index contributed by atoms with van der Waals surface area (Å²) < 4.78 is 13.1. The largest absolute Gasteiger partial charge is 0.333 e. The van der Waals surface area contributed by atoms with Gasteiger partial charge in [-0.25, -0.2) is 4.39 Å². The maximum Gasteiger partial charge on any atom is 0.161 e.